The van der Waals surface area contributed by atoms with Crippen molar-refractivity contribution in [3.63, 3.8) is 0 Å². The van der Waals surface area contributed by atoms with Gasteiger partial charge < -0.3 is 14.5 Å². The number of ether oxygens (including phenoxy) is 1. The molecule has 0 unspecified atom stereocenters. The first kappa shape index (κ1) is 17.9. The van der Waals surface area contributed by atoms with E-state index in [1.807, 2.05) is 11.0 Å². The van der Waals surface area contributed by atoms with Gasteiger partial charge in [-0.2, -0.15) is 0 Å². The topological polar surface area (TPSA) is 62.7 Å². The summed E-state index contributed by atoms with van der Waals surface area (Å²) in [5, 5.41) is 0. The van der Waals surface area contributed by atoms with Crippen LogP contribution in [-0.2, 0) is 20.5 Å². The Morgan fingerprint density at radius 1 is 1.00 bits per heavy atom. The second kappa shape index (κ2) is 6.30. The van der Waals surface area contributed by atoms with Crippen molar-refractivity contribution in [1.82, 2.24) is 9.88 Å². The molecule has 6 heteroatoms. The lowest BCUT2D eigenvalue weighted by molar-refractivity contribution is -0.134. The quantitative estimate of drug-likeness (QED) is 0.738. The molecule has 0 N–H and O–H groups in total. The Balaban J connectivity index is 1.23. The van der Waals surface area contributed by atoms with Gasteiger partial charge in [-0.1, -0.05) is 12.1 Å². The molecule has 3 aliphatic heterocycles. The van der Waals surface area contributed by atoms with Crippen LogP contribution < -0.4 is 4.90 Å². The smallest absolute Gasteiger partial charge is 0.341 e. The summed E-state index contributed by atoms with van der Waals surface area (Å²) in [5.74, 6) is -0.155. The number of hydrogen-bond acceptors (Lipinski definition) is 5. The number of fused-ring (bicyclic) bond motifs is 2. The number of aromatic nitrogens is 1. The lowest BCUT2D eigenvalue weighted by Gasteiger charge is -2.27. The molecule has 154 valence electrons. The maximum absolute atomic E-state index is 13.6. The second-order valence-electron chi connectivity index (χ2n) is 9.10. The molecule has 1 spiro atoms. The van der Waals surface area contributed by atoms with Crippen molar-refractivity contribution in [3.8, 4) is 0 Å². The lowest BCUT2D eigenvalue weighted by Crippen LogP contribution is -2.40. The van der Waals surface area contributed by atoms with Crippen LogP contribution in [0.4, 0.5) is 5.69 Å². The summed E-state index contributed by atoms with van der Waals surface area (Å²) < 4.78 is 5.79. The molecule has 2 aromatic rings. The molecule has 6 rings (SSSR count). The van der Waals surface area contributed by atoms with E-state index in [-0.39, 0.29) is 11.9 Å². The summed E-state index contributed by atoms with van der Waals surface area (Å²) in [6.45, 7) is 3.29. The normalized spacial score (nSPS) is 26.2. The zero-order valence-corrected chi connectivity index (χ0v) is 17.0. The summed E-state index contributed by atoms with van der Waals surface area (Å²) in [4.78, 5) is 34.2. The van der Waals surface area contributed by atoms with E-state index < -0.39 is 11.0 Å². The Bertz CT molecular complexity index is 1020. The van der Waals surface area contributed by atoms with Crippen molar-refractivity contribution >= 4 is 17.6 Å². The molecule has 6 nitrogen and oxygen atoms in total. The fraction of sp³-hybridized carbons (Fsp3) is 0.458. The van der Waals surface area contributed by atoms with Crippen molar-refractivity contribution in [2.24, 2.45) is 0 Å². The third kappa shape index (κ3) is 2.52. The predicted octanol–water partition coefficient (Wildman–Crippen LogP) is 3.01. The van der Waals surface area contributed by atoms with Crippen molar-refractivity contribution in [1.29, 1.82) is 0 Å². The summed E-state index contributed by atoms with van der Waals surface area (Å²) >= 11 is 0. The monoisotopic (exact) mass is 403 g/mol. The average Bonchev–Trinajstić information content (AvgIpc) is 3.13. The lowest BCUT2D eigenvalue weighted by atomic mass is 9.92. The molecule has 1 aliphatic carbocycles. The standard InChI is InChI=1S/C24H25N3O3/c28-21-19-15-25-11-7-20(19)24(30-21)10-14-27(16-24)22(29)23(8-9-23)17-3-5-18(6-4-17)26-12-1-2-13-26/h3-7,11,15H,1-2,8-10,12-14,16H2/t24-/m0/s1. The van der Waals surface area contributed by atoms with E-state index in [2.05, 4.69) is 34.1 Å². The van der Waals surface area contributed by atoms with E-state index in [1.165, 1.54) is 18.5 Å². The fourth-order valence-corrected chi connectivity index (χ4v) is 5.52. The van der Waals surface area contributed by atoms with Crippen LogP contribution in [-0.4, -0.2) is 47.9 Å². The highest BCUT2D eigenvalue weighted by Crippen LogP contribution is 2.52. The Labute approximate surface area is 175 Å². The molecule has 1 aromatic heterocycles. The third-order valence-corrected chi connectivity index (χ3v) is 7.39. The summed E-state index contributed by atoms with van der Waals surface area (Å²) in [5.41, 5.74) is 2.66. The summed E-state index contributed by atoms with van der Waals surface area (Å²) in [6, 6.07) is 10.5. The molecular formula is C24H25N3O3. The first-order chi connectivity index (χ1) is 14.6. The van der Waals surface area contributed by atoms with Crippen LogP contribution in [0, 0.1) is 0 Å². The zero-order valence-electron chi connectivity index (χ0n) is 17.0. The van der Waals surface area contributed by atoms with Gasteiger partial charge in [-0.3, -0.25) is 9.78 Å². The van der Waals surface area contributed by atoms with Gasteiger partial charge in [0.05, 0.1) is 17.5 Å². The largest absolute Gasteiger partial charge is 0.449 e. The van der Waals surface area contributed by atoms with E-state index in [1.54, 1.807) is 12.4 Å². The van der Waals surface area contributed by atoms with Gasteiger partial charge in [0.1, 0.15) is 0 Å². The number of benzene rings is 1. The van der Waals surface area contributed by atoms with Gasteiger partial charge in [0, 0.05) is 49.7 Å². The predicted molar refractivity (Wildman–Crippen MR) is 111 cm³/mol. The Kier molecular flexibility index (Phi) is 3.77. The molecule has 2 saturated heterocycles. The SMILES string of the molecule is O=C1O[C@]2(CCN(C(=O)C3(c4ccc(N5CCCC5)cc4)CC3)C2)c2ccncc21. The van der Waals surface area contributed by atoms with Crippen molar-refractivity contribution in [2.45, 2.75) is 43.1 Å². The molecule has 1 atom stereocenters. The number of nitrogens with zero attached hydrogens (tertiary/aromatic N) is 3. The number of esters is 1. The van der Waals surface area contributed by atoms with Crippen LogP contribution in [0.3, 0.4) is 0 Å². The highest BCUT2D eigenvalue weighted by atomic mass is 16.6. The van der Waals surface area contributed by atoms with Crippen LogP contribution in [0.25, 0.3) is 0 Å². The van der Waals surface area contributed by atoms with Gasteiger partial charge in [0.15, 0.2) is 5.60 Å². The van der Waals surface area contributed by atoms with Crippen LogP contribution in [0.5, 0.6) is 0 Å². The maximum atomic E-state index is 13.6. The minimum atomic E-state index is -0.708. The van der Waals surface area contributed by atoms with Crippen LogP contribution in [0.2, 0.25) is 0 Å². The number of anilines is 1. The number of rotatable bonds is 3. The zero-order chi connectivity index (χ0) is 20.3. The van der Waals surface area contributed by atoms with E-state index >= 15 is 0 Å². The van der Waals surface area contributed by atoms with Gasteiger partial charge in [-0.25, -0.2) is 4.79 Å². The molecule has 4 heterocycles. The Morgan fingerprint density at radius 2 is 1.77 bits per heavy atom. The van der Waals surface area contributed by atoms with Gasteiger partial charge in [-0.05, 0) is 49.4 Å². The molecular weight excluding hydrogens is 378 g/mol. The number of carbonyl (C=O) groups is 2. The number of likely N-dealkylation sites (tertiary alicyclic amines) is 1. The number of hydrogen-bond donors (Lipinski definition) is 0. The first-order valence-corrected chi connectivity index (χ1v) is 10.9. The molecule has 0 bridgehead atoms. The minimum Gasteiger partial charge on any atom is -0.449 e. The van der Waals surface area contributed by atoms with E-state index in [9.17, 15) is 9.59 Å². The van der Waals surface area contributed by atoms with Gasteiger partial charge >= 0.3 is 5.97 Å². The molecule has 1 aromatic carbocycles. The van der Waals surface area contributed by atoms with E-state index in [0.29, 0.717) is 25.1 Å². The van der Waals surface area contributed by atoms with Crippen molar-refractivity contribution in [3.05, 3.63) is 59.4 Å². The highest BCUT2D eigenvalue weighted by Gasteiger charge is 2.57. The first-order valence-electron chi connectivity index (χ1n) is 10.9. The van der Waals surface area contributed by atoms with Crippen LogP contribution in [0.15, 0.2) is 42.7 Å². The van der Waals surface area contributed by atoms with Crippen LogP contribution >= 0.6 is 0 Å². The van der Waals surface area contributed by atoms with Gasteiger partial charge in [-0.15, -0.1) is 0 Å². The molecule has 30 heavy (non-hydrogen) atoms. The Morgan fingerprint density at radius 3 is 2.50 bits per heavy atom. The van der Waals surface area contributed by atoms with E-state index in [4.69, 9.17) is 4.74 Å². The van der Waals surface area contributed by atoms with E-state index in [0.717, 1.165) is 37.1 Å². The summed E-state index contributed by atoms with van der Waals surface area (Å²) in [6.07, 6.45) is 8.19. The molecule has 3 fully saturated rings. The molecule has 1 amide bonds. The molecule has 4 aliphatic rings. The minimum absolute atomic E-state index is 0.173. The molecule has 0 radical (unpaired) electrons. The number of amides is 1. The van der Waals surface area contributed by atoms with Crippen LogP contribution in [0.1, 0.15) is 53.6 Å². The second-order valence-corrected chi connectivity index (χ2v) is 9.10. The van der Waals surface area contributed by atoms with Gasteiger partial charge in [0.25, 0.3) is 0 Å². The summed E-state index contributed by atoms with van der Waals surface area (Å²) in [7, 11) is 0. The average molecular weight is 403 g/mol. The Hall–Kier alpha value is -2.89. The van der Waals surface area contributed by atoms with Crippen molar-refractivity contribution < 1.29 is 14.3 Å². The number of carbonyl (C=O) groups excluding carboxylic acids is 2. The highest BCUT2D eigenvalue weighted by molar-refractivity contribution is 5.95. The van der Waals surface area contributed by atoms with Crippen molar-refractivity contribution in [2.75, 3.05) is 31.1 Å². The molecule has 1 saturated carbocycles. The third-order valence-electron chi connectivity index (χ3n) is 7.39. The van der Waals surface area contributed by atoms with Gasteiger partial charge in [0.2, 0.25) is 5.91 Å². The maximum Gasteiger partial charge on any atom is 0.341 e. The number of pyridine rings is 1. The fourth-order valence-electron chi connectivity index (χ4n) is 5.52.